The number of carbonyl (C=O) groups excluding carboxylic acids is 2. The lowest BCUT2D eigenvalue weighted by Crippen LogP contribution is -2.25. The fraction of sp³-hybridized carbons (Fsp3) is 0.231. The molecule has 1 aromatic carbocycles. The summed E-state index contributed by atoms with van der Waals surface area (Å²) in [7, 11) is 1.57. The van der Waals surface area contributed by atoms with Gasteiger partial charge in [-0.1, -0.05) is 0 Å². The molecule has 0 saturated carbocycles. The van der Waals surface area contributed by atoms with Crippen LogP contribution in [-0.4, -0.2) is 40.1 Å². The molecule has 0 aliphatic carbocycles. The maximum Gasteiger partial charge on any atom is 0.318 e. The third-order valence-electron chi connectivity index (χ3n) is 6.23. The van der Waals surface area contributed by atoms with Gasteiger partial charge in [-0.25, -0.2) is 14.8 Å². The van der Waals surface area contributed by atoms with E-state index in [1.165, 1.54) is 23.6 Å². The lowest BCUT2D eigenvalue weighted by Gasteiger charge is -2.25. The van der Waals surface area contributed by atoms with Crippen molar-refractivity contribution in [2.24, 2.45) is 0 Å². The Labute approximate surface area is 217 Å². The van der Waals surface area contributed by atoms with E-state index in [4.69, 9.17) is 4.98 Å². The summed E-state index contributed by atoms with van der Waals surface area (Å²) in [6, 6.07) is 14.2. The highest BCUT2D eigenvalue weighted by Crippen LogP contribution is 2.37. The van der Waals surface area contributed by atoms with Gasteiger partial charge in [-0.2, -0.15) is 4.39 Å². The van der Waals surface area contributed by atoms with Crippen LogP contribution >= 0.6 is 11.3 Å². The molecule has 1 atom stereocenters. The van der Waals surface area contributed by atoms with Crippen molar-refractivity contribution in [2.45, 2.75) is 25.4 Å². The van der Waals surface area contributed by atoms with Crippen molar-refractivity contribution in [3.8, 4) is 0 Å². The molecule has 9 nitrogen and oxygen atoms in total. The molecule has 37 heavy (non-hydrogen) atoms. The molecule has 5 rings (SSSR count). The molecule has 3 amide bonds. The van der Waals surface area contributed by atoms with Gasteiger partial charge in [-0.3, -0.25) is 10.1 Å². The SMILES string of the molecule is CNC(=O)Nc1ccc(N2CCC[C@@H]2c2csc(NC(=O)c3cccn3Cc3ccnc(F)c3)n2)cc1. The summed E-state index contributed by atoms with van der Waals surface area (Å²) in [4.78, 5) is 35.1. The molecule has 3 N–H and O–H groups in total. The van der Waals surface area contributed by atoms with E-state index in [0.29, 0.717) is 22.9 Å². The highest BCUT2D eigenvalue weighted by molar-refractivity contribution is 7.14. The number of hydrogen-bond donors (Lipinski definition) is 3. The molecule has 0 radical (unpaired) electrons. The van der Waals surface area contributed by atoms with Crippen molar-refractivity contribution in [1.82, 2.24) is 19.9 Å². The van der Waals surface area contributed by atoms with Crippen LogP contribution in [0.3, 0.4) is 0 Å². The molecule has 0 spiro atoms. The summed E-state index contributed by atoms with van der Waals surface area (Å²) in [5, 5.41) is 10.7. The average Bonchev–Trinajstić information content (AvgIpc) is 3.65. The molecule has 0 bridgehead atoms. The monoisotopic (exact) mass is 519 g/mol. The Morgan fingerprint density at radius 3 is 2.78 bits per heavy atom. The molecule has 3 aromatic heterocycles. The number of thiazole rings is 1. The highest BCUT2D eigenvalue weighted by atomic mass is 32.1. The molecule has 0 unspecified atom stereocenters. The van der Waals surface area contributed by atoms with Crippen LogP contribution in [0.15, 0.2) is 66.3 Å². The Kier molecular flexibility index (Phi) is 7.13. The van der Waals surface area contributed by atoms with Gasteiger partial charge in [0.15, 0.2) is 5.13 Å². The summed E-state index contributed by atoms with van der Waals surface area (Å²) in [5.74, 6) is -0.827. The van der Waals surface area contributed by atoms with E-state index in [2.05, 4.69) is 25.8 Å². The number of benzene rings is 1. The van der Waals surface area contributed by atoms with Gasteiger partial charge in [0.05, 0.1) is 11.7 Å². The summed E-state index contributed by atoms with van der Waals surface area (Å²) in [6.45, 7) is 1.25. The lowest BCUT2D eigenvalue weighted by atomic mass is 10.1. The zero-order chi connectivity index (χ0) is 25.8. The van der Waals surface area contributed by atoms with Crippen LogP contribution in [0.2, 0.25) is 0 Å². The van der Waals surface area contributed by atoms with Gasteiger partial charge < -0.3 is 20.1 Å². The van der Waals surface area contributed by atoms with Crippen LogP contribution in [0.25, 0.3) is 0 Å². The van der Waals surface area contributed by atoms with Crippen molar-refractivity contribution >= 4 is 39.8 Å². The third kappa shape index (κ3) is 5.61. The molecule has 1 aliphatic heterocycles. The fourth-order valence-electron chi connectivity index (χ4n) is 4.47. The van der Waals surface area contributed by atoms with Crippen LogP contribution in [0.1, 0.15) is 40.6 Å². The van der Waals surface area contributed by atoms with E-state index < -0.39 is 5.95 Å². The number of urea groups is 1. The van der Waals surface area contributed by atoms with Gasteiger partial charge in [-0.15, -0.1) is 11.3 Å². The number of nitrogens with one attached hydrogen (secondary N) is 3. The normalized spacial score (nSPS) is 15.0. The Morgan fingerprint density at radius 1 is 1.16 bits per heavy atom. The Hall–Kier alpha value is -4.25. The first-order valence-corrected chi connectivity index (χ1v) is 12.8. The maximum absolute atomic E-state index is 13.5. The second kappa shape index (κ2) is 10.8. The zero-order valence-electron chi connectivity index (χ0n) is 20.1. The van der Waals surface area contributed by atoms with E-state index in [0.717, 1.165) is 36.5 Å². The third-order valence-corrected chi connectivity index (χ3v) is 7.00. The van der Waals surface area contributed by atoms with E-state index in [9.17, 15) is 14.0 Å². The zero-order valence-corrected chi connectivity index (χ0v) is 21.0. The van der Waals surface area contributed by atoms with Gasteiger partial charge in [-0.05, 0) is 66.9 Å². The molecule has 1 fully saturated rings. The van der Waals surface area contributed by atoms with Crippen LogP contribution in [0, 0.1) is 5.95 Å². The molecule has 4 heterocycles. The first-order valence-electron chi connectivity index (χ1n) is 11.9. The average molecular weight is 520 g/mol. The molecule has 11 heteroatoms. The maximum atomic E-state index is 13.5. The van der Waals surface area contributed by atoms with E-state index in [1.54, 1.807) is 36.0 Å². The number of amides is 3. The lowest BCUT2D eigenvalue weighted by molar-refractivity contribution is 0.101. The second-order valence-corrected chi connectivity index (χ2v) is 9.50. The van der Waals surface area contributed by atoms with Gasteiger partial charge in [0.1, 0.15) is 5.69 Å². The molecule has 190 valence electrons. The smallest absolute Gasteiger partial charge is 0.318 e. The van der Waals surface area contributed by atoms with Crippen molar-refractivity contribution in [2.75, 3.05) is 29.1 Å². The van der Waals surface area contributed by atoms with Crippen LogP contribution in [0.5, 0.6) is 0 Å². The van der Waals surface area contributed by atoms with Crippen molar-refractivity contribution in [1.29, 1.82) is 0 Å². The minimum Gasteiger partial charge on any atom is -0.363 e. The summed E-state index contributed by atoms with van der Waals surface area (Å²) in [6.07, 6.45) is 5.19. The largest absolute Gasteiger partial charge is 0.363 e. The number of anilines is 3. The van der Waals surface area contributed by atoms with E-state index in [1.807, 2.05) is 29.6 Å². The van der Waals surface area contributed by atoms with Crippen LogP contribution in [-0.2, 0) is 6.54 Å². The Morgan fingerprint density at radius 2 is 2.00 bits per heavy atom. The number of nitrogens with zero attached hydrogens (tertiary/aromatic N) is 4. The highest BCUT2D eigenvalue weighted by Gasteiger charge is 2.28. The number of carbonyl (C=O) groups is 2. The van der Waals surface area contributed by atoms with Gasteiger partial charge in [0.2, 0.25) is 5.95 Å². The molecule has 4 aromatic rings. The fourth-order valence-corrected chi connectivity index (χ4v) is 5.22. The number of rotatable bonds is 7. The molecular formula is C26H26FN7O2S. The summed E-state index contributed by atoms with van der Waals surface area (Å²) >= 11 is 1.39. The second-order valence-electron chi connectivity index (χ2n) is 8.64. The molecule has 1 aliphatic rings. The Bertz CT molecular complexity index is 1400. The summed E-state index contributed by atoms with van der Waals surface area (Å²) < 4.78 is 15.2. The van der Waals surface area contributed by atoms with Gasteiger partial charge in [0.25, 0.3) is 5.91 Å². The minimum atomic E-state index is -0.552. The van der Waals surface area contributed by atoms with Gasteiger partial charge in [0, 0.05) is 49.3 Å². The van der Waals surface area contributed by atoms with E-state index >= 15 is 0 Å². The van der Waals surface area contributed by atoms with Crippen LogP contribution in [0.4, 0.5) is 25.7 Å². The molecule has 1 saturated heterocycles. The topological polar surface area (TPSA) is 104 Å². The number of aromatic nitrogens is 3. The minimum absolute atomic E-state index is 0.102. The first-order chi connectivity index (χ1) is 18.0. The van der Waals surface area contributed by atoms with Crippen LogP contribution < -0.4 is 20.9 Å². The quantitative estimate of drug-likeness (QED) is 0.302. The Balaban J connectivity index is 1.26. The van der Waals surface area contributed by atoms with Crippen molar-refractivity contribution in [3.05, 3.63) is 89.2 Å². The molecular weight excluding hydrogens is 493 g/mol. The van der Waals surface area contributed by atoms with E-state index in [-0.39, 0.29) is 18.0 Å². The standard InChI is InChI=1S/C26H26FN7O2S/c1-28-25(36)30-18-6-8-19(9-7-18)34-13-3-4-21(34)20-16-37-26(31-20)32-24(35)22-5-2-12-33(22)15-17-10-11-29-23(27)14-17/h2,5-12,14,16,21H,3-4,13,15H2,1H3,(H2,28,30,36)(H,31,32,35)/t21-/m1/s1. The predicted octanol–water partition coefficient (Wildman–Crippen LogP) is 4.87. The predicted molar refractivity (Wildman–Crippen MR) is 142 cm³/mol. The number of pyridine rings is 1. The summed E-state index contributed by atoms with van der Waals surface area (Å²) in [5.41, 5.74) is 3.85. The first kappa shape index (κ1) is 24.4. The number of halogens is 1. The van der Waals surface area contributed by atoms with Crippen molar-refractivity contribution < 1.29 is 14.0 Å². The number of hydrogen-bond acceptors (Lipinski definition) is 6. The van der Waals surface area contributed by atoms with Gasteiger partial charge >= 0.3 is 6.03 Å². The van der Waals surface area contributed by atoms with Crippen molar-refractivity contribution in [3.63, 3.8) is 0 Å².